The predicted octanol–water partition coefficient (Wildman–Crippen LogP) is 2.80. The minimum absolute atomic E-state index is 0.0363. The third kappa shape index (κ3) is 3.98. The van der Waals surface area contributed by atoms with Crippen molar-refractivity contribution in [3.63, 3.8) is 0 Å². The highest BCUT2D eigenvalue weighted by Gasteiger charge is 2.31. The van der Waals surface area contributed by atoms with Gasteiger partial charge in [0, 0.05) is 30.7 Å². The Balaban J connectivity index is 1.51. The van der Waals surface area contributed by atoms with Gasteiger partial charge in [0.15, 0.2) is 0 Å². The van der Waals surface area contributed by atoms with E-state index in [1.165, 1.54) is 12.0 Å². The van der Waals surface area contributed by atoms with Gasteiger partial charge in [0.2, 0.25) is 0 Å². The Morgan fingerprint density at radius 3 is 2.46 bits per heavy atom. The van der Waals surface area contributed by atoms with Crippen LogP contribution in [0.25, 0.3) is 0 Å². The molecule has 24 heavy (non-hydrogen) atoms. The Bertz CT molecular complexity index is 579. The number of benzene rings is 1. The molecule has 0 aromatic heterocycles. The summed E-state index contributed by atoms with van der Waals surface area (Å²) in [6, 6.07) is 6.46. The standard InChI is InChI=1S/C20H30N2O2/c1-14-7-8-16(13-15(14)2)20(24)21-17-9-11-22(12-10-17)18-5-3-4-6-19(18)23/h7-8,13,17-19,23H,3-6,9-12H2,1-2H3,(H,21,24). The normalized spacial score (nSPS) is 26.3. The Morgan fingerprint density at radius 2 is 1.79 bits per heavy atom. The van der Waals surface area contributed by atoms with E-state index in [-0.39, 0.29) is 18.1 Å². The average Bonchev–Trinajstić information content (AvgIpc) is 2.58. The molecule has 132 valence electrons. The molecule has 0 bridgehead atoms. The zero-order chi connectivity index (χ0) is 17.1. The van der Waals surface area contributed by atoms with E-state index >= 15 is 0 Å². The third-order valence-corrected chi connectivity index (χ3v) is 5.80. The molecule has 1 aromatic carbocycles. The molecule has 2 N–H and O–H groups in total. The van der Waals surface area contributed by atoms with Crippen LogP contribution in [-0.2, 0) is 0 Å². The largest absolute Gasteiger partial charge is 0.391 e. The molecule has 4 nitrogen and oxygen atoms in total. The van der Waals surface area contributed by atoms with E-state index in [0.717, 1.165) is 56.3 Å². The maximum Gasteiger partial charge on any atom is 0.251 e. The molecule has 1 saturated heterocycles. The first-order valence-corrected chi connectivity index (χ1v) is 9.35. The number of rotatable bonds is 3. The van der Waals surface area contributed by atoms with Crippen molar-refractivity contribution in [2.75, 3.05) is 13.1 Å². The number of aliphatic hydroxyl groups is 1. The maximum atomic E-state index is 12.4. The molecule has 0 spiro atoms. The fourth-order valence-electron chi connectivity index (χ4n) is 4.04. The molecule has 1 aliphatic heterocycles. The quantitative estimate of drug-likeness (QED) is 0.896. The van der Waals surface area contributed by atoms with Crippen molar-refractivity contribution in [2.45, 2.75) is 70.6 Å². The van der Waals surface area contributed by atoms with E-state index in [1.54, 1.807) is 0 Å². The number of aryl methyl sites for hydroxylation is 2. The highest BCUT2D eigenvalue weighted by Crippen LogP contribution is 2.26. The topological polar surface area (TPSA) is 52.6 Å². The minimum Gasteiger partial charge on any atom is -0.391 e. The smallest absolute Gasteiger partial charge is 0.251 e. The number of nitrogens with one attached hydrogen (secondary N) is 1. The van der Waals surface area contributed by atoms with Crippen LogP contribution in [0.5, 0.6) is 0 Å². The summed E-state index contributed by atoms with van der Waals surface area (Å²) >= 11 is 0. The molecule has 1 aliphatic carbocycles. The molecule has 4 heteroatoms. The lowest BCUT2D eigenvalue weighted by molar-refractivity contribution is 0.00727. The molecule has 2 atom stereocenters. The first-order valence-electron chi connectivity index (χ1n) is 9.35. The van der Waals surface area contributed by atoms with Gasteiger partial charge >= 0.3 is 0 Å². The van der Waals surface area contributed by atoms with Crippen molar-refractivity contribution >= 4 is 5.91 Å². The lowest BCUT2D eigenvalue weighted by atomic mass is 9.89. The zero-order valence-corrected chi connectivity index (χ0v) is 14.9. The predicted molar refractivity (Wildman–Crippen MR) is 96.2 cm³/mol. The van der Waals surface area contributed by atoms with Crippen molar-refractivity contribution in [1.29, 1.82) is 0 Å². The SMILES string of the molecule is Cc1ccc(C(=O)NC2CCN(C3CCCCC3O)CC2)cc1C. The van der Waals surface area contributed by atoms with Crippen LogP contribution in [0.3, 0.4) is 0 Å². The van der Waals surface area contributed by atoms with Gasteiger partial charge in [-0.2, -0.15) is 0 Å². The average molecular weight is 330 g/mol. The monoisotopic (exact) mass is 330 g/mol. The van der Waals surface area contributed by atoms with Gasteiger partial charge in [-0.05, 0) is 62.8 Å². The second-order valence-electron chi connectivity index (χ2n) is 7.50. The number of nitrogens with zero attached hydrogens (tertiary/aromatic N) is 1. The van der Waals surface area contributed by atoms with E-state index in [1.807, 2.05) is 25.1 Å². The minimum atomic E-state index is -0.166. The highest BCUT2D eigenvalue weighted by atomic mass is 16.3. The summed E-state index contributed by atoms with van der Waals surface area (Å²) in [7, 11) is 0. The number of aliphatic hydroxyl groups excluding tert-OH is 1. The summed E-state index contributed by atoms with van der Waals surface area (Å²) in [6.07, 6.45) is 6.21. The van der Waals surface area contributed by atoms with Crippen molar-refractivity contribution in [1.82, 2.24) is 10.2 Å². The molecule has 1 aromatic rings. The van der Waals surface area contributed by atoms with Crippen molar-refractivity contribution in [2.24, 2.45) is 0 Å². The third-order valence-electron chi connectivity index (χ3n) is 5.80. The number of hydrogen-bond acceptors (Lipinski definition) is 3. The fraction of sp³-hybridized carbons (Fsp3) is 0.650. The summed E-state index contributed by atoms with van der Waals surface area (Å²) in [6.45, 7) is 6.05. The number of piperidine rings is 1. The van der Waals surface area contributed by atoms with Gasteiger partial charge in [0.1, 0.15) is 0 Å². The number of hydrogen-bond donors (Lipinski definition) is 2. The van der Waals surface area contributed by atoms with Crippen LogP contribution in [0.15, 0.2) is 18.2 Å². The van der Waals surface area contributed by atoms with Crippen LogP contribution in [0.1, 0.15) is 60.0 Å². The number of amides is 1. The Hall–Kier alpha value is -1.39. The maximum absolute atomic E-state index is 12.4. The van der Waals surface area contributed by atoms with E-state index in [0.29, 0.717) is 6.04 Å². The summed E-state index contributed by atoms with van der Waals surface area (Å²) in [5.74, 6) is 0.0363. The Morgan fingerprint density at radius 1 is 1.08 bits per heavy atom. The Labute approximate surface area is 145 Å². The van der Waals surface area contributed by atoms with Crippen LogP contribution >= 0.6 is 0 Å². The molecular weight excluding hydrogens is 300 g/mol. The van der Waals surface area contributed by atoms with Gasteiger partial charge in [-0.25, -0.2) is 0 Å². The van der Waals surface area contributed by atoms with Crippen LogP contribution < -0.4 is 5.32 Å². The van der Waals surface area contributed by atoms with Crippen LogP contribution in [0, 0.1) is 13.8 Å². The van der Waals surface area contributed by atoms with Gasteiger partial charge < -0.3 is 10.4 Å². The lowest BCUT2D eigenvalue weighted by Crippen LogP contribution is -2.52. The van der Waals surface area contributed by atoms with Crippen LogP contribution in [0.2, 0.25) is 0 Å². The Kier molecular flexibility index (Phi) is 5.57. The number of carbonyl (C=O) groups is 1. The van der Waals surface area contributed by atoms with Gasteiger partial charge in [-0.15, -0.1) is 0 Å². The van der Waals surface area contributed by atoms with Gasteiger partial charge in [-0.1, -0.05) is 18.9 Å². The van der Waals surface area contributed by atoms with E-state index in [2.05, 4.69) is 17.1 Å². The first-order chi connectivity index (χ1) is 11.5. The molecule has 1 amide bonds. The molecule has 1 saturated carbocycles. The van der Waals surface area contributed by atoms with Crippen LogP contribution in [-0.4, -0.2) is 47.2 Å². The second-order valence-corrected chi connectivity index (χ2v) is 7.50. The van der Waals surface area contributed by atoms with Crippen molar-refractivity contribution in [3.05, 3.63) is 34.9 Å². The number of carbonyl (C=O) groups excluding carboxylic acids is 1. The molecular formula is C20H30N2O2. The first kappa shape index (κ1) is 17.4. The van der Waals surface area contributed by atoms with Gasteiger partial charge in [0.25, 0.3) is 5.91 Å². The lowest BCUT2D eigenvalue weighted by Gasteiger charge is -2.41. The summed E-state index contributed by atoms with van der Waals surface area (Å²) < 4.78 is 0. The van der Waals surface area contributed by atoms with Crippen molar-refractivity contribution < 1.29 is 9.90 Å². The number of likely N-dealkylation sites (tertiary alicyclic amines) is 1. The van der Waals surface area contributed by atoms with Gasteiger partial charge in [0.05, 0.1) is 6.10 Å². The molecule has 0 radical (unpaired) electrons. The second kappa shape index (κ2) is 7.66. The summed E-state index contributed by atoms with van der Waals surface area (Å²) in [5.41, 5.74) is 3.12. The molecule has 1 heterocycles. The molecule has 2 fully saturated rings. The highest BCUT2D eigenvalue weighted by molar-refractivity contribution is 5.94. The summed E-state index contributed by atoms with van der Waals surface area (Å²) in [4.78, 5) is 14.9. The van der Waals surface area contributed by atoms with Gasteiger partial charge in [-0.3, -0.25) is 9.69 Å². The van der Waals surface area contributed by atoms with Crippen LogP contribution in [0.4, 0.5) is 0 Å². The molecule has 2 aliphatic rings. The van der Waals surface area contributed by atoms with E-state index < -0.39 is 0 Å². The van der Waals surface area contributed by atoms with Crippen molar-refractivity contribution in [3.8, 4) is 0 Å². The van der Waals surface area contributed by atoms with E-state index in [4.69, 9.17) is 0 Å². The fourth-order valence-corrected chi connectivity index (χ4v) is 4.04. The molecule has 3 rings (SSSR count). The molecule has 2 unspecified atom stereocenters. The summed E-state index contributed by atoms with van der Waals surface area (Å²) in [5, 5.41) is 13.4. The van der Waals surface area contributed by atoms with E-state index in [9.17, 15) is 9.90 Å². The zero-order valence-electron chi connectivity index (χ0n) is 14.9.